The molecule has 1 aromatic carbocycles. The molecule has 1 aliphatic heterocycles. The number of nitrogens with zero attached hydrogens (tertiary/aromatic N) is 1. The first kappa shape index (κ1) is 18.8. The minimum atomic E-state index is -0.730. The Hall–Kier alpha value is -3.02. The first-order chi connectivity index (χ1) is 12.9. The quantitative estimate of drug-likeness (QED) is 0.475. The van der Waals surface area contributed by atoms with E-state index < -0.39 is 17.7 Å². The van der Waals surface area contributed by atoms with Crippen LogP contribution in [0, 0.1) is 0 Å². The molecular weight excluding hydrogens is 346 g/mol. The zero-order valence-electron chi connectivity index (χ0n) is 15.6. The highest BCUT2D eigenvalue weighted by atomic mass is 16.5. The number of amides is 1. The topological polar surface area (TPSA) is 80.0 Å². The number of furan rings is 1. The molecule has 0 spiro atoms. The van der Waals surface area contributed by atoms with E-state index in [4.69, 9.17) is 9.15 Å². The molecule has 0 saturated carbocycles. The average molecular weight is 369 g/mol. The fraction of sp³-hybridized carbons (Fsp3) is 0.333. The van der Waals surface area contributed by atoms with E-state index in [-0.39, 0.29) is 17.4 Å². The van der Waals surface area contributed by atoms with Crippen LogP contribution in [0.5, 0.6) is 5.75 Å². The fourth-order valence-corrected chi connectivity index (χ4v) is 3.21. The Balaban J connectivity index is 2.05. The number of likely N-dealkylation sites (tertiary alicyclic amines) is 1. The maximum Gasteiger partial charge on any atom is 0.295 e. The van der Waals surface area contributed by atoms with Crippen molar-refractivity contribution in [2.75, 3.05) is 6.54 Å². The second kappa shape index (κ2) is 7.70. The normalized spacial score (nSPS) is 19.1. The van der Waals surface area contributed by atoms with E-state index in [0.717, 1.165) is 0 Å². The van der Waals surface area contributed by atoms with E-state index in [0.29, 0.717) is 30.0 Å². The Morgan fingerprint density at radius 1 is 1.22 bits per heavy atom. The van der Waals surface area contributed by atoms with Crippen LogP contribution < -0.4 is 4.74 Å². The Morgan fingerprint density at radius 3 is 2.48 bits per heavy atom. The van der Waals surface area contributed by atoms with E-state index in [9.17, 15) is 14.7 Å². The SMILES string of the molecule is CCCN1C(=O)C(=O)/C(=C(\O)c2ccc(OC(C)C)cc2)C1c1ccco1. The molecule has 1 atom stereocenters. The molecule has 2 heterocycles. The molecule has 27 heavy (non-hydrogen) atoms. The summed E-state index contributed by atoms with van der Waals surface area (Å²) < 4.78 is 11.1. The van der Waals surface area contributed by atoms with Crippen molar-refractivity contribution in [1.29, 1.82) is 0 Å². The maximum atomic E-state index is 12.6. The fourth-order valence-electron chi connectivity index (χ4n) is 3.21. The molecule has 2 aromatic rings. The van der Waals surface area contributed by atoms with Gasteiger partial charge < -0.3 is 19.2 Å². The van der Waals surface area contributed by atoms with E-state index in [1.54, 1.807) is 36.4 Å². The Bertz CT molecular complexity index is 849. The Morgan fingerprint density at radius 2 is 1.93 bits per heavy atom. The van der Waals surface area contributed by atoms with Crippen LogP contribution in [0.1, 0.15) is 44.6 Å². The molecule has 1 saturated heterocycles. The lowest BCUT2D eigenvalue weighted by molar-refractivity contribution is -0.140. The molecule has 6 heteroatoms. The third kappa shape index (κ3) is 3.60. The highest BCUT2D eigenvalue weighted by Gasteiger charge is 2.46. The summed E-state index contributed by atoms with van der Waals surface area (Å²) in [5.74, 6) is -0.437. The lowest BCUT2D eigenvalue weighted by Crippen LogP contribution is -2.30. The molecule has 142 valence electrons. The van der Waals surface area contributed by atoms with Crippen molar-refractivity contribution in [3.63, 3.8) is 0 Å². The smallest absolute Gasteiger partial charge is 0.295 e. The Kier molecular flexibility index (Phi) is 5.35. The van der Waals surface area contributed by atoms with E-state index >= 15 is 0 Å². The van der Waals surface area contributed by atoms with Crippen LogP contribution in [0.15, 0.2) is 52.7 Å². The van der Waals surface area contributed by atoms with Gasteiger partial charge in [-0.2, -0.15) is 0 Å². The van der Waals surface area contributed by atoms with E-state index in [1.807, 2.05) is 20.8 Å². The van der Waals surface area contributed by atoms with Crippen molar-refractivity contribution in [2.45, 2.75) is 39.3 Å². The number of Topliss-reactive ketones (excluding diaryl/α,β-unsaturated/α-hetero) is 1. The molecule has 1 fully saturated rings. The summed E-state index contributed by atoms with van der Waals surface area (Å²) in [6.07, 6.45) is 2.20. The third-order valence-electron chi connectivity index (χ3n) is 4.32. The van der Waals surface area contributed by atoms with E-state index in [1.165, 1.54) is 11.2 Å². The summed E-state index contributed by atoms with van der Waals surface area (Å²) in [7, 11) is 0. The van der Waals surface area contributed by atoms with Crippen molar-refractivity contribution < 1.29 is 23.8 Å². The second-order valence-corrected chi connectivity index (χ2v) is 6.70. The molecule has 1 unspecified atom stereocenters. The van der Waals surface area contributed by atoms with Gasteiger partial charge in [-0.3, -0.25) is 9.59 Å². The number of rotatable bonds is 6. The first-order valence-corrected chi connectivity index (χ1v) is 9.03. The summed E-state index contributed by atoms with van der Waals surface area (Å²) >= 11 is 0. The molecule has 1 aliphatic rings. The first-order valence-electron chi connectivity index (χ1n) is 9.03. The van der Waals surface area contributed by atoms with Crippen LogP contribution in [-0.2, 0) is 9.59 Å². The van der Waals surface area contributed by atoms with Gasteiger partial charge >= 0.3 is 0 Å². The van der Waals surface area contributed by atoms with Gasteiger partial charge in [-0.15, -0.1) is 0 Å². The average Bonchev–Trinajstić information content (AvgIpc) is 3.24. The van der Waals surface area contributed by atoms with Crippen LogP contribution in [0.25, 0.3) is 5.76 Å². The zero-order valence-corrected chi connectivity index (χ0v) is 15.6. The Labute approximate surface area is 158 Å². The summed E-state index contributed by atoms with van der Waals surface area (Å²) in [5, 5.41) is 10.8. The van der Waals surface area contributed by atoms with Gasteiger partial charge in [-0.25, -0.2) is 0 Å². The van der Waals surface area contributed by atoms with Crippen molar-refractivity contribution in [2.24, 2.45) is 0 Å². The van der Waals surface area contributed by atoms with Crippen LogP contribution in [0.2, 0.25) is 0 Å². The minimum Gasteiger partial charge on any atom is -0.507 e. The molecule has 1 aromatic heterocycles. The monoisotopic (exact) mass is 369 g/mol. The van der Waals surface area contributed by atoms with Crippen LogP contribution in [0.3, 0.4) is 0 Å². The van der Waals surface area contributed by atoms with Crippen LogP contribution in [0.4, 0.5) is 0 Å². The summed E-state index contributed by atoms with van der Waals surface area (Å²) in [6, 6.07) is 9.44. The second-order valence-electron chi connectivity index (χ2n) is 6.70. The standard InChI is InChI=1S/C21H23NO5/c1-4-11-22-18(16-6-5-12-26-16)17(20(24)21(22)25)19(23)14-7-9-15(10-8-14)27-13(2)3/h5-10,12-13,18,23H,4,11H2,1-3H3/b19-17-. The molecule has 1 amide bonds. The van der Waals surface area contributed by atoms with Gasteiger partial charge in [0.1, 0.15) is 23.3 Å². The predicted octanol–water partition coefficient (Wildman–Crippen LogP) is 3.90. The molecule has 0 bridgehead atoms. The van der Waals surface area contributed by atoms with Gasteiger partial charge in [0.25, 0.3) is 11.7 Å². The van der Waals surface area contributed by atoms with Crippen molar-refractivity contribution in [1.82, 2.24) is 4.90 Å². The summed E-state index contributed by atoms with van der Waals surface area (Å²) in [5.41, 5.74) is 0.484. The number of aliphatic hydroxyl groups excluding tert-OH is 1. The number of ether oxygens (including phenoxy) is 1. The maximum absolute atomic E-state index is 12.6. The van der Waals surface area contributed by atoms with Gasteiger partial charge in [0.05, 0.1) is 17.9 Å². The number of hydrogen-bond donors (Lipinski definition) is 1. The molecule has 6 nitrogen and oxygen atoms in total. The molecule has 1 N–H and O–H groups in total. The lowest BCUT2D eigenvalue weighted by atomic mass is 9.99. The van der Waals surface area contributed by atoms with Gasteiger partial charge in [0.2, 0.25) is 0 Å². The summed E-state index contributed by atoms with van der Waals surface area (Å²) in [4.78, 5) is 26.6. The van der Waals surface area contributed by atoms with Gasteiger partial charge in [0.15, 0.2) is 0 Å². The van der Waals surface area contributed by atoms with Gasteiger partial charge in [-0.05, 0) is 56.7 Å². The number of hydrogen-bond acceptors (Lipinski definition) is 5. The van der Waals surface area contributed by atoms with E-state index in [2.05, 4.69) is 0 Å². The lowest BCUT2D eigenvalue weighted by Gasteiger charge is -2.22. The van der Waals surface area contributed by atoms with Crippen molar-refractivity contribution in [3.8, 4) is 5.75 Å². The molecular formula is C21H23NO5. The number of aliphatic hydroxyl groups is 1. The van der Waals surface area contributed by atoms with Gasteiger partial charge in [0, 0.05) is 12.1 Å². The zero-order chi connectivity index (χ0) is 19.6. The third-order valence-corrected chi connectivity index (χ3v) is 4.32. The predicted molar refractivity (Wildman–Crippen MR) is 100 cm³/mol. The van der Waals surface area contributed by atoms with Gasteiger partial charge in [-0.1, -0.05) is 6.92 Å². The molecule has 3 rings (SSSR count). The van der Waals surface area contributed by atoms with Crippen molar-refractivity contribution in [3.05, 3.63) is 59.6 Å². The minimum absolute atomic E-state index is 0.0303. The van der Waals surface area contributed by atoms with Crippen LogP contribution in [-0.4, -0.2) is 34.3 Å². The van der Waals surface area contributed by atoms with Crippen molar-refractivity contribution >= 4 is 17.4 Å². The highest BCUT2D eigenvalue weighted by Crippen LogP contribution is 2.39. The highest BCUT2D eigenvalue weighted by molar-refractivity contribution is 6.46. The number of carbonyl (C=O) groups excluding carboxylic acids is 2. The number of benzene rings is 1. The number of ketones is 1. The summed E-state index contributed by atoms with van der Waals surface area (Å²) in [6.45, 7) is 6.17. The largest absolute Gasteiger partial charge is 0.507 e. The number of carbonyl (C=O) groups is 2. The molecule has 0 aliphatic carbocycles. The van der Waals surface area contributed by atoms with Crippen LogP contribution >= 0.6 is 0 Å². The molecule has 0 radical (unpaired) electrons.